The molecule has 0 saturated carbocycles. The van der Waals surface area contributed by atoms with E-state index in [0.717, 1.165) is 6.32 Å². The Hall–Kier alpha value is -1.57. The normalized spacial score (nSPS) is 10.2. The molecular weight excluding hydrogens is 186 g/mol. The smallest absolute Gasteiger partial charge is 0.0819 e. The van der Waals surface area contributed by atoms with Crippen LogP contribution in [0.15, 0.2) is 54.6 Å². The van der Waals surface area contributed by atoms with Gasteiger partial charge in [-0.25, -0.2) is 16.2 Å². The van der Waals surface area contributed by atoms with Crippen molar-refractivity contribution in [3.63, 3.8) is 0 Å². The third-order valence-corrected chi connectivity index (χ3v) is 2.31. The summed E-state index contributed by atoms with van der Waals surface area (Å²) in [5.74, 6) is -0.159. The molecule has 0 N–H and O–H groups in total. The van der Waals surface area contributed by atoms with Crippen LogP contribution in [0.5, 0.6) is 0 Å². The summed E-state index contributed by atoms with van der Waals surface area (Å²) in [6.07, 6.45) is 0.766. The van der Waals surface area contributed by atoms with Crippen LogP contribution in [0.25, 0.3) is 0 Å². The van der Waals surface area contributed by atoms with Gasteiger partial charge in [-0.2, -0.15) is 0 Å². The maximum absolute atomic E-state index is 13.3. The predicted octanol–water partition coefficient (Wildman–Crippen LogP) is 2.36. The van der Waals surface area contributed by atoms with Crippen LogP contribution in [0, 0.1) is 5.82 Å². The van der Waals surface area contributed by atoms with E-state index in [1.54, 1.807) is 12.1 Å². The average Bonchev–Trinajstić information content (AvgIpc) is 2.29. The second kappa shape index (κ2) is 4.78. The zero-order valence-corrected chi connectivity index (χ0v) is 8.36. The molecule has 0 aliphatic rings. The van der Waals surface area contributed by atoms with Gasteiger partial charge >= 0.3 is 0 Å². The lowest BCUT2D eigenvalue weighted by Gasteiger charge is -2.16. The molecular formula is C13H11BF-. The third kappa shape index (κ3) is 2.69. The topological polar surface area (TPSA) is 0 Å². The van der Waals surface area contributed by atoms with Crippen molar-refractivity contribution in [2.45, 2.75) is 6.32 Å². The van der Waals surface area contributed by atoms with Gasteiger partial charge in [-0.15, -0.1) is 6.07 Å². The van der Waals surface area contributed by atoms with Crippen molar-refractivity contribution in [3.05, 3.63) is 66.0 Å². The first-order chi connectivity index (χ1) is 7.36. The van der Waals surface area contributed by atoms with Crippen molar-refractivity contribution in [2.75, 3.05) is 0 Å². The minimum absolute atomic E-state index is 0.159. The molecule has 2 radical (unpaired) electrons. The summed E-state index contributed by atoms with van der Waals surface area (Å²) >= 11 is 0. The first kappa shape index (κ1) is 9.97. The molecule has 0 spiro atoms. The molecule has 2 heteroatoms. The van der Waals surface area contributed by atoms with Gasteiger partial charge in [0.05, 0.1) is 5.82 Å². The van der Waals surface area contributed by atoms with Crippen molar-refractivity contribution >= 4 is 12.7 Å². The van der Waals surface area contributed by atoms with Gasteiger partial charge in [0.15, 0.2) is 0 Å². The first-order valence-corrected chi connectivity index (χ1v) is 4.98. The highest BCUT2D eigenvalue weighted by molar-refractivity contribution is 6.53. The van der Waals surface area contributed by atoms with Gasteiger partial charge in [-0.05, 0) is 6.07 Å². The minimum atomic E-state index is -0.159. The summed E-state index contributed by atoms with van der Waals surface area (Å²) in [5.41, 5.74) is 1.86. The molecule has 0 saturated heterocycles. The van der Waals surface area contributed by atoms with Crippen LogP contribution in [-0.2, 0) is 6.32 Å². The van der Waals surface area contributed by atoms with Gasteiger partial charge < -0.3 is 0 Å². The fourth-order valence-electron chi connectivity index (χ4n) is 1.48. The zero-order chi connectivity index (χ0) is 10.5. The quantitative estimate of drug-likeness (QED) is 0.662. The lowest BCUT2D eigenvalue weighted by Crippen LogP contribution is -2.20. The molecule has 2 rings (SSSR count). The molecule has 0 heterocycles. The number of halogens is 1. The van der Waals surface area contributed by atoms with Gasteiger partial charge in [0.25, 0.3) is 0 Å². The molecule has 0 aliphatic heterocycles. The van der Waals surface area contributed by atoms with Crippen LogP contribution >= 0.6 is 0 Å². The molecule has 2 aromatic carbocycles. The van der Waals surface area contributed by atoms with E-state index in [1.165, 1.54) is 11.6 Å². The maximum Gasteiger partial charge on any atom is 0.0819 e. The molecule has 74 valence electrons. The predicted molar refractivity (Wildman–Crippen MR) is 61.9 cm³/mol. The fraction of sp³-hybridized carbons (Fsp3) is 0.0769. The number of rotatable bonds is 3. The Labute approximate surface area is 90.0 Å². The van der Waals surface area contributed by atoms with Crippen molar-refractivity contribution in [3.8, 4) is 0 Å². The van der Waals surface area contributed by atoms with Crippen molar-refractivity contribution in [2.24, 2.45) is 0 Å². The van der Waals surface area contributed by atoms with Gasteiger partial charge in [-0.1, -0.05) is 48.0 Å². The van der Waals surface area contributed by atoms with E-state index in [0.29, 0.717) is 5.46 Å². The molecule has 0 atom stereocenters. The maximum atomic E-state index is 13.3. The largest absolute Gasteiger partial charge is 0.287 e. The summed E-state index contributed by atoms with van der Waals surface area (Å²) in [5, 5.41) is 0. The molecule has 0 nitrogen and oxygen atoms in total. The Balaban J connectivity index is 2.03. The van der Waals surface area contributed by atoms with Crippen LogP contribution in [0.4, 0.5) is 4.39 Å². The fourth-order valence-corrected chi connectivity index (χ4v) is 1.48. The average molecular weight is 197 g/mol. The van der Waals surface area contributed by atoms with Crippen molar-refractivity contribution in [1.29, 1.82) is 0 Å². The van der Waals surface area contributed by atoms with Crippen LogP contribution in [0.1, 0.15) is 5.56 Å². The summed E-state index contributed by atoms with van der Waals surface area (Å²) in [4.78, 5) is 0. The standard InChI is InChI=1S/C13H11BF/c15-13-9-5-4-8-12(13)14-10-11-6-2-1-3-7-11/h1-9H,10H2/q-1. The van der Waals surface area contributed by atoms with Crippen molar-refractivity contribution < 1.29 is 4.39 Å². The van der Waals surface area contributed by atoms with E-state index in [9.17, 15) is 4.39 Å². The molecule has 0 amide bonds. The van der Waals surface area contributed by atoms with Crippen LogP contribution in [0.3, 0.4) is 0 Å². The van der Waals surface area contributed by atoms with E-state index in [2.05, 4.69) is 0 Å². The van der Waals surface area contributed by atoms with E-state index < -0.39 is 0 Å². The highest BCUT2D eigenvalue weighted by Gasteiger charge is 1.88. The van der Waals surface area contributed by atoms with Crippen molar-refractivity contribution in [1.82, 2.24) is 0 Å². The first-order valence-electron chi connectivity index (χ1n) is 4.98. The summed E-state index contributed by atoms with van der Waals surface area (Å²) in [6.45, 7) is 0. The molecule has 0 aliphatic carbocycles. The lowest BCUT2D eigenvalue weighted by atomic mass is 9.65. The van der Waals surface area contributed by atoms with Crippen LogP contribution in [-0.4, -0.2) is 7.28 Å². The van der Waals surface area contributed by atoms with Crippen LogP contribution < -0.4 is 5.46 Å². The highest BCUT2D eigenvalue weighted by Crippen LogP contribution is 1.99. The van der Waals surface area contributed by atoms with Gasteiger partial charge in [0.2, 0.25) is 0 Å². The lowest BCUT2D eigenvalue weighted by molar-refractivity contribution is 0.635. The highest BCUT2D eigenvalue weighted by atomic mass is 19.1. The molecule has 0 unspecified atom stereocenters. The SMILES string of the molecule is Fc1ccccc1[B-]Cc1ccccc1. The second-order valence-electron chi connectivity index (χ2n) is 3.42. The summed E-state index contributed by atoms with van der Waals surface area (Å²) in [7, 11) is 1.91. The molecule has 0 aromatic heterocycles. The number of hydrogen-bond acceptors (Lipinski definition) is 0. The molecule has 0 fully saturated rings. The van der Waals surface area contributed by atoms with Crippen LogP contribution in [0.2, 0.25) is 0 Å². The third-order valence-electron chi connectivity index (χ3n) is 2.31. The Morgan fingerprint density at radius 2 is 1.53 bits per heavy atom. The minimum Gasteiger partial charge on any atom is -0.287 e. The monoisotopic (exact) mass is 197 g/mol. The van der Waals surface area contributed by atoms with Gasteiger partial charge in [-0.3, -0.25) is 7.28 Å². The zero-order valence-electron chi connectivity index (χ0n) is 8.36. The van der Waals surface area contributed by atoms with E-state index in [1.807, 2.05) is 43.7 Å². The molecule has 0 bridgehead atoms. The number of hydrogen-bond donors (Lipinski definition) is 0. The Morgan fingerprint density at radius 3 is 2.27 bits per heavy atom. The Kier molecular flexibility index (Phi) is 3.18. The summed E-state index contributed by atoms with van der Waals surface area (Å²) in [6, 6.07) is 16.9. The Bertz CT molecular complexity index is 426. The second-order valence-corrected chi connectivity index (χ2v) is 3.42. The van der Waals surface area contributed by atoms with E-state index in [4.69, 9.17) is 0 Å². The van der Waals surface area contributed by atoms with Gasteiger partial charge in [0.1, 0.15) is 0 Å². The molecule has 15 heavy (non-hydrogen) atoms. The van der Waals surface area contributed by atoms with E-state index >= 15 is 0 Å². The van der Waals surface area contributed by atoms with Gasteiger partial charge in [0, 0.05) is 0 Å². The Morgan fingerprint density at radius 1 is 0.867 bits per heavy atom. The summed E-state index contributed by atoms with van der Waals surface area (Å²) < 4.78 is 13.3. The molecule has 2 aromatic rings. The van der Waals surface area contributed by atoms with E-state index in [-0.39, 0.29) is 5.82 Å². The number of benzene rings is 2.